The number of nitrogens with zero attached hydrogens (tertiary/aromatic N) is 1. The van der Waals surface area contributed by atoms with Crippen LogP contribution in [0.2, 0.25) is 0 Å². The molecule has 2 heterocycles. The summed E-state index contributed by atoms with van der Waals surface area (Å²) in [5.41, 5.74) is 0.599. The van der Waals surface area contributed by atoms with E-state index in [2.05, 4.69) is 5.32 Å². The van der Waals surface area contributed by atoms with Crippen molar-refractivity contribution in [3.63, 3.8) is 0 Å². The second-order valence-electron chi connectivity index (χ2n) is 6.18. The Balaban J connectivity index is 1.42. The number of piperidine rings is 1. The molecular weight excluding hydrogens is 323 g/mol. The standard InChI is InChI=1S/C19H21FN2O3/c20-16-5-2-1-4-14(16)7-10-21-18(23)15-8-11-22(12-9-15)19(24)17-6-3-13-25-17/h1-6,13,15H,7-12H2,(H,21,23). The molecule has 3 rings (SSSR count). The lowest BCUT2D eigenvalue weighted by atomic mass is 9.95. The first-order valence-corrected chi connectivity index (χ1v) is 8.49. The quantitative estimate of drug-likeness (QED) is 0.907. The van der Waals surface area contributed by atoms with Crippen molar-refractivity contribution >= 4 is 11.8 Å². The van der Waals surface area contributed by atoms with Gasteiger partial charge >= 0.3 is 0 Å². The minimum absolute atomic E-state index is 0.0264. The van der Waals surface area contributed by atoms with Gasteiger partial charge in [-0.1, -0.05) is 18.2 Å². The average Bonchev–Trinajstić information content (AvgIpc) is 3.17. The molecule has 2 aromatic rings. The molecule has 0 saturated carbocycles. The zero-order valence-electron chi connectivity index (χ0n) is 13.9. The molecule has 1 saturated heterocycles. The zero-order valence-corrected chi connectivity index (χ0v) is 13.9. The molecule has 0 spiro atoms. The van der Waals surface area contributed by atoms with Crippen LogP contribution in [0.15, 0.2) is 47.1 Å². The SMILES string of the molecule is O=C(NCCc1ccccc1F)C1CCN(C(=O)c2ccco2)CC1. The maximum atomic E-state index is 13.5. The van der Waals surface area contributed by atoms with Crippen LogP contribution >= 0.6 is 0 Å². The average molecular weight is 344 g/mol. The van der Waals surface area contributed by atoms with E-state index >= 15 is 0 Å². The number of carbonyl (C=O) groups is 2. The van der Waals surface area contributed by atoms with Crippen LogP contribution in [0.25, 0.3) is 0 Å². The molecule has 0 bridgehead atoms. The number of nitrogens with one attached hydrogen (secondary N) is 1. The van der Waals surface area contributed by atoms with Crippen molar-refractivity contribution < 1.29 is 18.4 Å². The van der Waals surface area contributed by atoms with Crippen molar-refractivity contribution in [1.29, 1.82) is 0 Å². The Hall–Kier alpha value is -2.63. The van der Waals surface area contributed by atoms with Gasteiger partial charge in [-0.2, -0.15) is 0 Å². The number of likely N-dealkylation sites (tertiary alicyclic amines) is 1. The number of amides is 2. The molecule has 0 atom stereocenters. The highest BCUT2D eigenvalue weighted by Crippen LogP contribution is 2.19. The summed E-state index contributed by atoms with van der Waals surface area (Å²) in [6.45, 7) is 1.47. The lowest BCUT2D eigenvalue weighted by Crippen LogP contribution is -2.43. The summed E-state index contributed by atoms with van der Waals surface area (Å²) in [6.07, 6.45) is 3.19. The molecule has 0 aliphatic carbocycles. The molecule has 0 radical (unpaired) electrons. The predicted molar refractivity (Wildman–Crippen MR) is 90.4 cm³/mol. The van der Waals surface area contributed by atoms with Crippen LogP contribution in [0.4, 0.5) is 4.39 Å². The Morgan fingerprint density at radius 3 is 2.60 bits per heavy atom. The number of hydrogen-bond donors (Lipinski definition) is 1. The van der Waals surface area contributed by atoms with Crippen molar-refractivity contribution in [2.45, 2.75) is 19.3 Å². The largest absolute Gasteiger partial charge is 0.459 e. The number of rotatable bonds is 5. The van der Waals surface area contributed by atoms with Gasteiger partial charge in [0.1, 0.15) is 5.82 Å². The Kier molecular flexibility index (Phi) is 5.48. The lowest BCUT2D eigenvalue weighted by molar-refractivity contribution is -0.126. The first-order valence-electron chi connectivity index (χ1n) is 8.49. The van der Waals surface area contributed by atoms with E-state index < -0.39 is 0 Å². The van der Waals surface area contributed by atoms with Crippen LogP contribution in [-0.2, 0) is 11.2 Å². The highest BCUT2D eigenvalue weighted by Gasteiger charge is 2.28. The fourth-order valence-corrected chi connectivity index (χ4v) is 3.07. The minimum Gasteiger partial charge on any atom is -0.459 e. The van der Waals surface area contributed by atoms with Crippen LogP contribution in [-0.4, -0.2) is 36.3 Å². The summed E-state index contributed by atoms with van der Waals surface area (Å²) in [7, 11) is 0. The molecule has 1 aliphatic heterocycles. The van der Waals surface area contributed by atoms with Gasteiger partial charge in [-0.3, -0.25) is 9.59 Å². The van der Waals surface area contributed by atoms with Gasteiger partial charge in [-0.05, 0) is 43.0 Å². The third-order valence-corrected chi connectivity index (χ3v) is 4.54. The van der Waals surface area contributed by atoms with Gasteiger partial charge in [0.25, 0.3) is 5.91 Å². The van der Waals surface area contributed by atoms with Crippen LogP contribution in [0.5, 0.6) is 0 Å². The van der Waals surface area contributed by atoms with Crippen molar-refractivity contribution in [3.8, 4) is 0 Å². The summed E-state index contributed by atoms with van der Waals surface area (Å²) in [5.74, 6) is -0.194. The maximum Gasteiger partial charge on any atom is 0.289 e. The van der Waals surface area contributed by atoms with Gasteiger partial charge < -0.3 is 14.6 Å². The molecule has 0 unspecified atom stereocenters. The minimum atomic E-state index is -0.249. The molecule has 1 aromatic carbocycles. The van der Waals surface area contributed by atoms with Gasteiger partial charge in [0.2, 0.25) is 5.91 Å². The van der Waals surface area contributed by atoms with Gasteiger partial charge in [0, 0.05) is 25.6 Å². The van der Waals surface area contributed by atoms with E-state index in [0.29, 0.717) is 50.2 Å². The summed E-state index contributed by atoms with van der Waals surface area (Å²) < 4.78 is 18.7. The summed E-state index contributed by atoms with van der Waals surface area (Å²) in [5, 5.41) is 2.87. The molecule has 1 aromatic heterocycles. The van der Waals surface area contributed by atoms with Gasteiger partial charge in [-0.25, -0.2) is 4.39 Å². The fraction of sp³-hybridized carbons (Fsp3) is 0.368. The van der Waals surface area contributed by atoms with Crippen molar-refractivity contribution in [2.75, 3.05) is 19.6 Å². The third kappa shape index (κ3) is 4.26. The van der Waals surface area contributed by atoms with E-state index in [1.165, 1.54) is 12.3 Å². The molecule has 5 nitrogen and oxygen atoms in total. The van der Waals surface area contributed by atoms with Gasteiger partial charge in [0.15, 0.2) is 5.76 Å². The third-order valence-electron chi connectivity index (χ3n) is 4.54. The second-order valence-corrected chi connectivity index (χ2v) is 6.18. The topological polar surface area (TPSA) is 62.6 Å². The maximum absolute atomic E-state index is 13.5. The van der Waals surface area contributed by atoms with E-state index in [-0.39, 0.29) is 23.5 Å². The number of benzene rings is 1. The fourth-order valence-electron chi connectivity index (χ4n) is 3.07. The van der Waals surface area contributed by atoms with E-state index in [1.807, 2.05) is 0 Å². The molecule has 25 heavy (non-hydrogen) atoms. The molecule has 2 amide bonds. The van der Waals surface area contributed by atoms with Crippen molar-refractivity contribution in [3.05, 3.63) is 59.8 Å². The molecule has 1 aliphatic rings. The molecular formula is C19H21FN2O3. The molecule has 1 fully saturated rings. The predicted octanol–water partition coefficient (Wildman–Crippen LogP) is 2.63. The van der Waals surface area contributed by atoms with Crippen molar-refractivity contribution in [2.24, 2.45) is 5.92 Å². The van der Waals surface area contributed by atoms with E-state index in [1.54, 1.807) is 35.2 Å². The van der Waals surface area contributed by atoms with Crippen LogP contribution in [0.3, 0.4) is 0 Å². The smallest absolute Gasteiger partial charge is 0.289 e. The zero-order chi connectivity index (χ0) is 17.6. The van der Waals surface area contributed by atoms with Gasteiger partial charge in [-0.15, -0.1) is 0 Å². The number of halogens is 1. The second kappa shape index (κ2) is 7.96. The summed E-state index contributed by atoms with van der Waals surface area (Å²) in [6, 6.07) is 9.90. The normalized spacial score (nSPS) is 15.2. The number of furan rings is 1. The Bertz CT molecular complexity index is 722. The first kappa shape index (κ1) is 17.2. The Morgan fingerprint density at radius 1 is 1.16 bits per heavy atom. The van der Waals surface area contributed by atoms with Crippen LogP contribution in [0, 0.1) is 11.7 Å². The molecule has 132 valence electrons. The van der Waals surface area contributed by atoms with E-state index in [0.717, 1.165) is 0 Å². The van der Waals surface area contributed by atoms with Crippen molar-refractivity contribution in [1.82, 2.24) is 10.2 Å². The Morgan fingerprint density at radius 2 is 1.92 bits per heavy atom. The summed E-state index contributed by atoms with van der Waals surface area (Å²) >= 11 is 0. The first-order chi connectivity index (χ1) is 12.1. The van der Waals surface area contributed by atoms with Crippen LogP contribution < -0.4 is 5.32 Å². The Labute approximate surface area is 145 Å². The highest BCUT2D eigenvalue weighted by molar-refractivity contribution is 5.91. The lowest BCUT2D eigenvalue weighted by Gasteiger charge is -2.30. The van der Waals surface area contributed by atoms with Crippen LogP contribution in [0.1, 0.15) is 29.0 Å². The van der Waals surface area contributed by atoms with Gasteiger partial charge in [0.05, 0.1) is 6.26 Å². The number of carbonyl (C=O) groups excluding carboxylic acids is 2. The monoisotopic (exact) mass is 344 g/mol. The van der Waals surface area contributed by atoms with E-state index in [9.17, 15) is 14.0 Å². The molecule has 6 heteroatoms. The summed E-state index contributed by atoms with van der Waals surface area (Å²) in [4.78, 5) is 26.2. The molecule has 1 N–H and O–H groups in total. The highest BCUT2D eigenvalue weighted by atomic mass is 19.1. The number of hydrogen-bond acceptors (Lipinski definition) is 3. The van der Waals surface area contributed by atoms with E-state index in [4.69, 9.17) is 4.42 Å².